The number of rotatable bonds is 5. The number of aliphatic carboxylic acids is 1. The zero-order valence-electron chi connectivity index (χ0n) is 13.6. The molecule has 0 spiro atoms. The zero-order valence-corrected chi connectivity index (χ0v) is 13.6. The second-order valence-electron chi connectivity index (χ2n) is 6.17. The van der Waals surface area contributed by atoms with E-state index in [0.29, 0.717) is 5.56 Å². The minimum absolute atomic E-state index is 0.226. The monoisotopic (exact) mass is 355 g/mol. The molecule has 1 amide bonds. The number of carboxylic acid groups (broad SMARTS) is 1. The summed E-state index contributed by atoms with van der Waals surface area (Å²) in [5.41, 5.74) is -0.906. The number of carbonyl (C=O) groups excluding carboxylic acids is 1. The van der Waals surface area contributed by atoms with Gasteiger partial charge in [-0.2, -0.15) is 0 Å². The summed E-state index contributed by atoms with van der Waals surface area (Å²) in [5, 5.41) is 31.6. The molecule has 2 rings (SSSR count). The number of aromatic amines is 1. The molecule has 0 saturated heterocycles. The lowest BCUT2D eigenvalue weighted by Gasteiger charge is -2.38. The van der Waals surface area contributed by atoms with E-state index in [2.05, 4.69) is 10.3 Å². The highest BCUT2D eigenvalue weighted by Gasteiger charge is 2.39. The third-order valence-electron chi connectivity index (χ3n) is 4.35. The van der Waals surface area contributed by atoms with E-state index >= 15 is 0 Å². The van der Waals surface area contributed by atoms with Crippen molar-refractivity contribution in [1.82, 2.24) is 14.9 Å². The van der Waals surface area contributed by atoms with Gasteiger partial charge in [0.15, 0.2) is 0 Å². The SMILES string of the molecule is Cc1cn([C@@H]2CC[C@@H](NC(=O)CCC(=O)O)[C@@H](O)[C@@H]2O)c(=O)[nH]c1=O. The summed E-state index contributed by atoms with van der Waals surface area (Å²) in [6, 6.07) is -1.49. The Hall–Kier alpha value is -2.46. The molecular weight excluding hydrogens is 334 g/mol. The maximum Gasteiger partial charge on any atom is 0.328 e. The molecule has 1 aliphatic rings. The van der Waals surface area contributed by atoms with Crippen LogP contribution in [0.4, 0.5) is 0 Å². The van der Waals surface area contributed by atoms with E-state index in [1.54, 1.807) is 0 Å². The van der Waals surface area contributed by atoms with Crippen LogP contribution in [0.15, 0.2) is 15.8 Å². The van der Waals surface area contributed by atoms with Gasteiger partial charge in [0.25, 0.3) is 5.56 Å². The number of nitrogens with zero attached hydrogens (tertiary/aromatic N) is 1. The van der Waals surface area contributed by atoms with Gasteiger partial charge in [0.1, 0.15) is 12.2 Å². The van der Waals surface area contributed by atoms with Crippen molar-refractivity contribution in [2.45, 2.75) is 56.9 Å². The van der Waals surface area contributed by atoms with Crippen LogP contribution >= 0.6 is 0 Å². The van der Waals surface area contributed by atoms with E-state index in [1.807, 2.05) is 0 Å². The predicted molar refractivity (Wildman–Crippen MR) is 85.1 cm³/mol. The first-order chi connectivity index (χ1) is 11.7. The fourth-order valence-electron chi connectivity index (χ4n) is 2.95. The van der Waals surface area contributed by atoms with Crippen molar-refractivity contribution in [2.75, 3.05) is 0 Å². The maximum absolute atomic E-state index is 11.9. The fraction of sp³-hybridized carbons (Fsp3) is 0.600. The second kappa shape index (κ2) is 7.62. The van der Waals surface area contributed by atoms with Crippen LogP contribution in [0.5, 0.6) is 0 Å². The topological polar surface area (TPSA) is 162 Å². The highest BCUT2D eigenvalue weighted by atomic mass is 16.4. The van der Waals surface area contributed by atoms with Crippen LogP contribution in [0.2, 0.25) is 0 Å². The van der Waals surface area contributed by atoms with Crippen LogP contribution in [-0.2, 0) is 9.59 Å². The molecule has 10 nitrogen and oxygen atoms in total. The molecule has 1 heterocycles. The Morgan fingerprint density at radius 2 is 1.92 bits per heavy atom. The number of carboxylic acids is 1. The predicted octanol–water partition coefficient (Wildman–Crippen LogP) is -1.75. The Labute approximate surface area is 142 Å². The van der Waals surface area contributed by atoms with E-state index in [-0.39, 0.29) is 25.7 Å². The Morgan fingerprint density at radius 1 is 1.24 bits per heavy atom. The van der Waals surface area contributed by atoms with Gasteiger partial charge in [0.05, 0.1) is 18.5 Å². The molecule has 25 heavy (non-hydrogen) atoms. The minimum atomic E-state index is -1.33. The Kier molecular flexibility index (Phi) is 5.75. The number of nitrogens with one attached hydrogen (secondary N) is 2. The lowest BCUT2D eigenvalue weighted by atomic mass is 9.85. The van der Waals surface area contributed by atoms with Crippen molar-refractivity contribution in [3.63, 3.8) is 0 Å². The van der Waals surface area contributed by atoms with Gasteiger partial charge in [-0.15, -0.1) is 0 Å². The Bertz CT molecular complexity index is 769. The molecule has 0 radical (unpaired) electrons. The molecule has 0 aliphatic heterocycles. The number of hydrogen-bond donors (Lipinski definition) is 5. The molecule has 5 N–H and O–H groups in total. The number of carbonyl (C=O) groups is 2. The molecular formula is C15H21N3O7. The Morgan fingerprint density at radius 3 is 2.56 bits per heavy atom. The maximum atomic E-state index is 11.9. The highest BCUT2D eigenvalue weighted by Crippen LogP contribution is 2.28. The molecule has 0 unspecified atom stereocenters. The van der Waals surface area contributed by atoms with Gasteiger partial charge >= 0.3 is 11.7 Å². The van der Waals surface area contributed by atoms with Crippen LogP contribution < -0.4 is 16.6 Å². The van der Waals surface area contributed by atoms with Crippen molar-refractivity contribution in [3.05, 3.63) is 32.6 Å². The lowest BCUT2D eigenvalue weighted by Crippen LogP contribution is -2.55. The van der Waals surface area contributed by atoms with Gasteiger partial charge in [0.2, 0.25) is 5.91 Å². The molecule has 1 aromatic rings. The van der Waals surface area contributed by atoms with E-state index in [9.17, 15) is 29.4 Å². The number of aliphatic hydroxyl groups is 2. The number of H-pyrrole nitrogens is 1. The van der Waals surface area contributed by atoms with Crippen molar-refractivity contribution >= 4 is 11.9 Å². The summed E-state index contributed by atoms with van der Waals surface area (Å²) in [6.45, 7) is 1.52. The molecule has 1 aromatic heterocycles. The summed E-state index contributed by atoms with van der Waals surface area (Å²) < 4.78 is 1.17. The third kappa shape index (κ3) is 4.34. The van der Waals surface area contributed by atoms with Crippen molar-refractivity contribution in [2.24, 2.45) is 0 Å². The van der Waals surface area contributed by atoms with Gasteiger partial charge in [-0.05, 0) is 19.8 Å². The van der Waals surface area contributed by atoms with Gasteiger partial charge in [-0.25, -0.2) is 4.79 Å². The molecule has 138 valence electrons. The van der Waals surface area contributed by atoms with Crippen LogP contribution in [0.3, 0.4) is 0 Å². The van der Waals surface area contributed by atoms with E-state index in [1.165, 1.54) is 17.7 Å². The molecule has 4 atom stereocenters. The van der Waals surface area contributed by atoms with Gasteiger partial charge in [-0.1, -0.05) is 0 Å². The first-order valence-electron chi connectivity index (χ1n) is 7.90. The zero-order chi connectivity index (χ0) is 18.7. The van der Waals surface area contributed by atoms with Gasteiger partial charge < -0.3 is 20.6 Å². The summed E-state index contributed by atoms with van der Waals surface area (Å²) in [5.74, 6) is -1.64. The standard InChI is InChI=1S/C15H21N3O7/c1-7-6-18(15(25)17-14(7)24)9-3-2-8(12(22)13(9)23)16-10(19)4-5-11(20)21/h6,8-9,12-13,22-23H,2-5H2,1H3,(H,16,19)(H,20,21)(H,17,24,25)/t8-,9-,12-,13-/m1/s1. The number of aryl methyl sites for hydroxylation is 1. The summed E-state index contributed by atoms with van der Waals surface area (Å²) in [4.78, 5) is 47.7. The van der Waals surface area contributed by atoms with Gasteiger partial charge in [-0.3, -0.25) is 23.9 Å². The molecule has 1 saturated carbocycles. The summed E-state index contributed by atoms with van der Waals surface area (Å²) >= 11 is 0. The van der Waals surface area contributed by atoms with Gasteiger partial charge in [0, 0.05) is 18.2 Å². The molecule has 1 fully saturated rings. The van der Waals surface area contributed by atoms with Crippen molar-refractivity contribution < 1.29 is 24.9 Å². The smallest absolute Gasteiger partial charge is 0.328 e. The molecule has 0 aromatic carbocycles. The average molecular weight is 355 g/mol. The quantitative estimate of drug-likeness (QED) is 0.418. The number of aliphatic hydroxyl groups excluding tert-OH is 2. The van der Waals surface area contributed by atoms with Crippen molar-refractivity contribution in [1.29, 1.82) is 0 Å². The summed E-state index contributed by atoms with van der Waals surface area (Å²) in [6.07, 6.45) is -1.32. The molecule has 10 heteroatoms. The second-order valence-corrected chi connectivity index (χ2v) is 6.17. The first-order valence-corrected chi connectivity index (χ1v) is 7.90. The third-order valence-corrected chi connectivity index (χ3v) is 4.35. The van der Waals surface area contributed by atoms with Crippen LogP contribution in [0.25, 0.3) is 0 Å². The van der Waals surface area contributed by atoms with Crippen LogP contribution in [-0.4, -0.2) is 55.0 Å². The van der Waals surface area contributed by atoms with E-state index in [4.69, 9.17) is 5.11 Å². The highest BCUT2D eigenvalue weighted by molar-refractivity contribution is 5.80. The number of aromatic nitrogens is 2. The Balaban J connectivity index is 2.09. The van der Waals surface area contributed by atoms with Crippen molar-refractivity contribution in [3.8, 4) is 0 Å². The van der Waals surface area contributed by atoms with E-state index in [0.717, 1.165) is 0 Å². The molecule has 1 aliphatic carbocycles. The average Bonchev–Trinajstić information content (AvgIpc) is 2.54. The minimum Gasteiger partial charge on any atom is -0.481 e. The van der Waals surface area contributed by atoms with Crippen LogP contribution in [0, 0.1) is 6.92 Å². The normalized spacial score (nSPS) is 26.2. The fourth-order valence-corrected chi connectivity index (χ4v) is 2.95. The van der Waals surface area contributed by atoms with Crippen LogP contribution in [0.1, 0.15) is 37.3 Å². The number of amides is 1. The molecule has 0 bridgehead atoms. The lowest BCUT2D eigenvalue weighted by molar-refractivity contribution is -0.139. The van der Waals surface area contributed by atoms with E-state index < -0.39 is 47.4 Å². The first kappa shape index (κ1) is 18.9. The largest absolute Gasteiger partial charge is 0.481 e. The number of hydrogen-bond acceptors (Lipinski definition) is 6. The summed E-state index contributed by atoms with van der Waals surface area (Å²) in [7, 11) is 0.